The Kier molecular flexibility index (Phi) is 6.60. The molecule has 32 heavy (non-hydrogen) atoms. The average Bonchev–Trinajstić information content (AvgIpc) is 3.19. The van der Waals surface area contributed by atoms with Gasteiger partial charge in [0.05, 0.1) is 38.0 Å². The Bertz CT molecular complexity index is 1010. The van der Waals surface area contributed by atoms with E-state index < -0.39 is 12.0 Å². The Morgan fingerprint density at radius 1 is 1.22 bits per heavy atom. The molecule has 0 aromatic heterocycles. The summed E-state index contributed by atoms with van der Waals surface area (Å²) in [6.07, 6.45) is 2.35. The maximum Gasteiger partial charge on any atom is 0.338 e. The highest BCUT2D eigenvalue weighted by Gasteiger charge is 2.41. The van der Waals surface area contributed by atoms with E-state index in [1.807, 2.05) is 46.4 Å². The normalized spacial score (nSPS) is 21.2. The molecule has 1 aromatic rings. The van der Waals surface area contributed by atoms with E-state index in [2.05, 4.69) is 11.9 Å². The van der Waals surface area contributed by atoms with Gasteiger partial charge >= 0.3 is 5.97 Å². The maximum absolute atomic E-state index is 13.1. The lowest BCUT2D eigenvalue weighted by Gasteiger charge is -2.37. The van der Waals surface area contributed by atoms with Crippen LogP contribution in [0.1, 0.15) is 44.7 Å². The SMILES string of the molecule is COC(=O)C1=C(C)N=C2SC=C(CC(=O)N3CCC(C)CC3)N2[C@H]1c1cccc(OC)c1. The van der Waals surface area contributed by atoms with E-state index >= 15 is 0 Å². The van der Waals surface area contributed by atoms with E-state index in [0.29, 0.717) is 22.9 Å². The minimum Gasteiger partial charge on any atom is -0.497 e. The number of carbonyl (C=O) groups is 2. The number of likely N-dealkylation sites (tertiary alicyclic amines) is 1. The third-order valence-corrected chi connectivity index (χ3v) is 7.17. The molecule has 0 radical (unpaired) electrons. The summed E-state index contributed by atoms with van der Waals surface area (Å²) in [7, 11) is 2.99. The number of nitrogens with zero attached hydrogens (tertiary/aromatic N) is 3. The number of amidine groups is 1. The van der Waals surface area contributed by atoms with Gasteiger partial charge in [0, 0.05) is 18.8 Å². The molecule has 0 bridgehead atoms. The number of methoxy groups -OCH3 is 2. The molecule has 0 unspecified atom stereocenters. The van der Waals surface area contributed by atoms with Crippen LogP contribution in [0.3, 0.4) is 0 Å². The third kappa shape index (κ3) is 4.28. The van der Waals surface area contributed by atoms with Crippen molar-refractivity contribution in [2.45, 2.75) is 39.2 Å². The van der Waals surface area contributed by atoms with Gasteiger partial charge in [0.2, 0.25) is 5.91 Å². The molecular weight excluding hydrogens is 426 g/mol. The van der Waals surface area contributed by atoms with Crippen molar-refractivity contribution in [1.82, 2.24) is 9.80 Å². The molecule has 0 spiro atoms. The first-order valence-corrected chi connectivity index (χ1v) is 11.7. The van der Waals surface area contributed by atoms with Crippen LogP contribution in [0, 0.1) is 5.92 Å². The zero-order valence-corrected chi connectivity index (χ0v) is 19.8. The summed E-state index contributed by atoms with van der Waals surface area (Å²) in [5.41, 5.74) is 2.81. The Morgan fingerprint density at radius 2 is 1.97 bits per heavy atom. The van der Waals surface area contributed by atoms with Crippen LogP contribution < -0.4 is 4.74 Å². The van der Waals surface area contributed by atoms with Gasteiger partial charge in [-0.05, 0) is 48.8 Å². The average molecular weight is 456 g/mol. The summed E-state index contributed by atoms with van der Waals surface area (Å²) in [4.78, 5) is 34.5. The summed E-state index contributed by atoms with van der Waals surface area (Å²) >= 11 is 1.48. The predicted molar refractivity (Wildman–Crippen MR) is 125 cm³/mol. The van der Waals surface area contributed by atoms with E-state index in [-0.39, 0.29) is 12.3 Å². The monoisotopic (exact) mass is 455 g/mol. The number of amides is 1. The molecule has 170 valence electrons. The van der Waals surface area contributed by atoms with Crippen molar-refractivity contribution in [2.24, 2.45) is 10.9 Å². The van der Waals surface area contributed by atoms with Gasteiger partial charge in [0.25, 0.3) is 0 Å². The largest absolute Gasteiger partial charge is 0.497 e. The molecule has 1 saturated heterocycles. The van der Waals surface area contributed by atoms with Crippen LogP contribution in [0.2, 0.25) is 0 Å². The highest BCUT2D eigenvalue weighted by atomic mass is 32.2. The molecule has 1 fully saturated rings. The van der Waals surface area contributed by atoms with E-state index in [1.165, 1.54) is 18.9 Å². The summed E-state index contributed by atoms with van der Waals surface area (Å²) < 4.78 is 10.5. The van der Waals surface area contributed by atoms with Crippen molar-refractivity contribution in [2.75, 3.05) is 27.3 Å². The number of esters is 1. The first-order chi connectivity index (χ1) is 15.4. The number of rotatable bonds is 5. The molecule has 0 aliphatic carbocycles. The smallest absolute Gasteiger partial charge is 0.338 e. The lowest BCUT2D eigenvalue weighted by Crippen LogP contribution is -2.41. The molecule has 8 heteroatoms. The van der Waals surface area contributed by atoms with Crippen molar-refractivity contribution >= 4 is 28.8 Å². The molecule has 1 aromatic carbocycles. The lowest BCUT2D eigenvalue weighted by atomic mass is 9.93. The van der Waals surface area contributed by atoms with E-state index in [4.69, 9.17) is 9.47 Å². The number of carbonyl (C=O) groups excluding carboxylic acids is 2. The molecule has 3 aliphatic rings. The number of allylic oxidation sites excluding steroid dienone is 1. The van der Waals surface area contributed by atoms with Gasteiger partial charge in [-0.25, -0.2) is 9.79 Å². The van der Waals surface area contributed by atoms with E-state index in [0.717, 1.165) is 42.4 Å². The van der Waals surface area contributed by atoms with Gasteiger partial charge in [-0.3, -0.25) is 4.79 Å². The molecule has 1 amide bonds. The number of thioether (sulfide) groups is 1. The fourth-order valence-corrected chi connectivity index (χ4v) is 5.36. The summed E-state index contributed by atoms with van der Waals surface area (Å²) in [6.45, 7) is 5.65. The molecule has 3 aliphatic heterocycles. The number of aliphatic imine (C=N–C) groups is 1. The van der Waals surface area contributed by atoms with Crippen LogP contribution in [0.5, 0.6) is 5.75 Å². The first-order valence-electron chi connectivity index (χ1n) is 10.9. The Balaban J connectivity index is 1.67. The second-order valence-electron chi connectivity index (χ2n) is 8.40. The molecule has 0 N–H and O–H groups in total. The van der Waals surface area contributed by atoms with Gasteiger partial charge in [-0.1, -0.05) is 30.8 Å². The number of hydrogen-bond donors (Lipinski definition) is 0. The second-order valence-corrected chi connectivity index (χ2v) is 9.24. The van der Waals surface area contributed by atoms with Crippen molar-refractivity contribution in [3.05, 3.63) is 52.2 Å². The minimum absolute atomic E-state index is 0.111. The van der Waals surface area contributed by atoms with E-state index in [1.54, 1.807) is 7.11 Å². The Labute approximate surface area is 193 Å². The molecular formula is C24H29N3O4S. The molecule has 3 heterocycles. The minimum atomic E-state index is -0.444. The molecule has 0 saturated carbocycles. The summed E-state index contributed by atoms with van der Waals surface area (Å²) in [5, 5.41) is 2.74. The van der Waals surface area contributed by atoms with Crippen LogP contribution >= 0.6 is 11.8 Å². The van der Waals surface area contributed by atoms with Gasteiger partial charge in [-0.15, -0.1) is 0 Å². The molecule has 7 nitrogen and oxygen atoms in total. The second kappa shape index (κ2) is 9.40. The predicted octanol–water partition coefficient (Wildman–Crippen LogP) is 4.09. The number of piperidine rings is 1. The van der Waals surface area contributed by atoms with Crippen molar-refractivity contribution in [3.8, 4) is 5.75 Å². The van der Waals surface area contributed by atoms with Crippen LogP contribution in [0.25, 0.3) is 0 Å². The first kappa shape index (κ1) is 22.5. The van der Waals surface area contributed by atoms with Crippen molar-refractivity contribution in [3.63, 3.8) is 0 Å². The van der Waals surface area contributed by atoms with Gasteiger partial charge in [0.15, 0.2) is 5.17 Å². The van der Waals surface area contributed by atoms with Crippen LogP contribution in [-0.2, 0) is 14.3 Å². The van der Waals surface area contributed by atoms with Crippen molar-refractivity contribution in [1.29, 1.82) is 0 Å². The number of ether oxygens (including phenoxy) is 2. The Morgan fingerprint density at radius 3 is 2.66 bits per heavy atom. The summed E-state index contributed by atoms with van der Waals surface area (Å²) in [6, 6.07) is 7.20. The van der Waals surface area contributed by atoms with Crippen LogP contribution in [0.15, 0.2) is 51.6 Å². The Hall–Kier alpha value is -2.74. The van der Waals surface area contributed by atoms with Crippen LogP contribution in [-0.4, -0.2) is 54.2 Å². The molecule has 4 rings (SSSR count). The van der Waals surface area contributed by atoms with Gasteiger partial charge in [-0.2, -0.15) is 0 Å². The fourth-order valence-electron chi connectivity index (χ4n) is 4.39. The maximum atomic E-state index is 13.1. The number of fused-ring (bicyclic) bond motifs is 1. The zero-order chi connectivity index (χ0) is 22.8. The highest BCUT2D eigenvalue weighted by molar-refractivity contribution is 8.16. The standard InChI is InChI=1S/C24H29N3O4S/c1-15-8-10-26(11-9-15)20(28)13-18-14-32-24-25-16(2)21(23(29)31-4)22(27(18)24)17-6-5-7-19(12-17)30-3/h5-7,12,14-15,22H,8-11,13H2,1-4H3/t22-/m0/s1. The lowest BCUT2D eigenvalue weighted by molar-refractivity contribution is -0.136. The summed E-state index contributed by atoms with van der Waals surface area (Å²) in [5.74, 6) is 1.05. The quantitative estimate of drug-likeness (QED) is 0.623. The van der Waals surface area contributed by atoms with E-state index in [9.17, 15) is 9.59 Å². The number of benzene rings is 1. The molecule has 1 atom stereocenters. The van der Waals surface area contributed by atoms with Crippen LogP contribution in [0.4, 0.5) is 0 Å². The number of hydrogen-bond acceptors (Lipinski definition) is 7. The third-order valence-electron chi connectivity index (χ3n) is 6.28. The van der Waals surface area contributed by atoms with Crippen molar-refractivity contribution < 1.29 is 19.1 Å². The topological polar surface area (TPSA) is 71.4 Å². The zero-order valence-electron chi connectivity index (χ0n) is 19.0. The fraction of sp³-hybridized carbons (Fsp3) is 0.458. The van der Waals surface area contributed by atoms with Gasteiger partial charge in [0.1, 0.15) is 5.75 Å². The van der Waals surface area contributed by atoms with Gasteiger partial charge < -0.3 is 19.3 Å². The highest BCUT2D eigenvalue weighted by Crippen LogP contribution is 2.45.